The lowest BCUT2D eigenvalue weighted by atomic mass is 10.0. The van der Waals surface area contributed by atoms with Gasteiger partial charge >= 0.3 is 5.97 Å². The molecule has 2 aromatic carbocycles. The fraction of sp³-hybridized carbons (Fsp3) is 0.278. The van der Waals surface area contributed by atoms with E-state index in [1.165, 1.54) is 0 Å². The molecule has 0 aliphatic heterocycles. The first-order valence-corrected chi connectivity index (χ1v) is 7.14. The van der Waals surface area contributed by atoms with E-state index in [1.54, 1.807) is 0 Å². The number of nitrogens with zero attached hydrogens (tertiary/aromatic N) is 1. The molecule has 3 heteroatoms. The van der Waals surface area contributed by atoms with Crippen LogP contribution in [0.2, 0.25) is 0 Å². The molecule has 0 radical (unpaired) electrons. The Labute approximate surface area is 126 Å². The van der Waals surface area contributed by atoms with Gasteiger partial charge in [-0.2, -0.15) is 0 Å². The fourth-order valence-corrected chi connectivity index (χ4v) is 2.06. The summed E-state index contributed by atoms with van der Waals surface area (Å²) in [5, 5.41) is 0. The van der Waals surface area contributed by atoms with Crippen molar-refractivity contribution in [1.82, 2.24) is 4.90 Å². The highest BCUT2D eigenvalue weighted by molar-refractivity contribution is 5.90. The second-order valence-corrected chi connectivity index (χ2v) is 5.24. The van der Waals surface area contributed by atoms with Gasteiger partial charge in [0.2, 0.25) is 0 Å². The van der Waals surface area contributed by atoms with Crippen LogP contribution in [-0.4, -0.2) is 38.1 Å². The lowest BCUT2D eigenvalue weighted by Crippen LogP contribution is -2.16. The molecular formula is C18H21NO2. The maximum Gasteiger partial charge on any atom is 0.338 e. The molecule has 110 valence electrons. The van der Waals surface area contributed by atoms with Crippen molar-refractivity contribution in [2.24, 2.45) is 0 Å². The number of ether oxygens (including phenoxy) is 1. The van der Waals surface area contributed by atoms with Crippen LogP contribution >= 0.6 is 0 Å². The summed E-state index contributed by atoms with van der Waals surface area (Å²) in [6.45, 7) is 1.37. The Morgan fingerprint density at radius 2 is 1.57 bits per heavy atom. The molecule has 0 unspecified atom stereocenters. The quantitative estimate of drug-likeness (QED) is 0.600. The van der Waals surface area contributed by atoms with Crippen molar-refractivity contribution in [2.75, 3.05) is 27.2 Å². The highest BCUT2D eigenvalue weighted by Gasteiger charge is 2.07. The van der Waals surface area contributed by atoms with Crippen molar-refractivity contribution in [3.63, 3.8) is 0 Å². The zero-order valence-electron chi connectivity index (χ0n) is 12.6. The van der Waals surface area contributed by atoms with Crippen LogP contribution in [0.25, 0.3) is 11.1 Å². The Balaban J connectivity index is 1.91. The van der Waals surface area contributed by atoms with Crippen molar-refractivity contribution in [1.29, 1.82) is 0 Å². The van der Waals surface area contributed by atoms with Gasteiger partial charge in [-0.1, -0.05) is 42.5 Å². The van der Waals surface area contributed by atoms with E-state index in [0.717, 1.165) is 24.1 Å². The van der Waals surface area contributed by atoms with Crippen LogP contribution in [-0.2, 0) is 4.74 Å². The minimum Gasteiger partial charge on any atom is -0.462 e. The summed E-state index contributed by atoms with van der Waals surface area (Å²) in [5.74, 6) is -0.256. The van der Waals surface area contributed by atoms with Gasteiger partial charge in [0, 0.05) is 6.54 Å². The third-order valence-electron chi connectivity index (χ3n) is 3.21. The van der Waals surface area contributed by atoms with E-state index in [2.05, 4.69) is 17.0 Å². The largest absolute Gasteiger partial charge is 0.462 e. The zero-order valence-corrected chi connectivity index (χ0v) is 12.6. The van der Waals surface area contributed by atoms with E-state index in [4.69, 9.17) is 4.74 Å². The molecule has 0 aliphatic carbocycles. The van der Waals surface area contributed by atoms with Crippen LogP contribution in [0.15, 0.2) is 54.6 Å². The van der Waals surface area contributed by atoms with Gasteiger partial charge in [-0.05, 0) is 43.8 Å². The van der Waals surface area contributed by atoms with Crippen molar-refractivity contribution < 1.29 is 9.53 Å². The predicted molar refractivity (Wildman–Crippen MR) is 85.3 cm³/mol. The van der Waals surface area contributed by atoms with E-state index in [9.17, 15) is 4.79 Å². The number of esters is 1. The van der Waals surface area contributed by atoms with Crippen LogP contribution in [0, 0.1) is 0 Å². The molecule has 0 N–H and O–H groups in total. The minimum absolute atomic E-state index is 0.256. The lowest BCUT2D eigenvalue weighted by molar-refractivity contribution is 0.0493. The van der Waals surface area contributed by atoms with Gasteiger partial charge < -0.3 is 9.64 Å². The van der Waals surface area contributed by atoms with Gasteiger partial charge in [-0.25, -0.2) is 4.79 Å². The van der Waals surface area contributed by atoms with Gasteiger partial charge in [0.15, 0.2) is 0 Å². The van der Waals surface area contributed by atoms with Crippen LogP contribution in [0.4, 0.5) is 0 Å². The van der Waals surface area contributed by atoms with Crippen molar-refractivity contribution in [3.05, 3.63) is 60.2 Å². The van der Waals surface area contributed by atoms with Crippen molar-refractivity contribution >= 4 is 5.97 Å². The SMILES string of the molecule is CN(C)CCCOC(=O)c1ccc(-c2ccccc2)cc1. The molecule has 0 saturated carbocycles. The molecule has 0 saturated heterocycles. The first-order valence-electron chi connectivity index (χ1n) is 7.14. The normalized spacial score (nSPS) is 10.6. The highest BCUT2D eigenvalue weighted by atomic mass is 16.5. The Kier molecular flexibility index (Phi) is 5.52. The summed E-state index contributed by atoms with van der Waals surface area (Å²) in [4.78, 5) is 14.0. The molecular weight excluding hydrogens is 262 g/mol. The van der Waals surface area contributed by atoms with Crippen LogP contribution in [0.3, 0.4) is 0 Å². The number of carbonyl (C=O) groups is 1. The topological polar surface area (TPSA) is 29.5 Å². The monoisotopic (exact) mass is 283 g/mol. The van der Waals surface area contributed by atoms with E-state index in [-0.39, 0.29) is 5.97 Å². The summed E-state index contributed by atoms with van der Waals surface area (Å²) in [5.41, 5.74) is 2.84. The fourth-order valence-electron chi connectivity index (χ4n) is 2.06. The molecule has 0 amide bonds. The number of hydrogen-bond donors (Lipinski definition) is 0. The van der Waals surface area contributed by atoms with Gasteiger partial charge in [-0.3, -0.25) is 0 Å². The van der Waals surface area contributed by atoms with E-state index in [1.807, 2.05) is 56.6 Å². The molecule has 2 rings (SSSR count). The first-order chi connectivity index (χ1) is 10.2. The minimum atomic E-state index is -0.256. The number of benzene rings is 2. The van der Waals surface area contributed by atoms with Crippen LogP contribution < -0.4 is 0 Å². The predicted octanol–water partition coefficient (Wildman–Crippen LogP) is 3.46. The van der Waals surface area contributed by atoms with Crippen molar-refractivity contribution in [3.8, 4) is 11.1 Å². The Morgan fingerprint density at radius 1 is 0.952 bits per heavy atom. The maximum absolute atomic E-state index is 11.9. The molecule has 3 nitrogen and oxygen atoms in total. The molecule has 0 fully saturated rings. The van der Waals surface area contributed by atoms with Crippen LogP contribution in [0.5, 0.6) is 0 Å². The lowest BCUT2D eigenvalue weighted by Gasteiger charge is -2.09. The van der Waals surface area contributed by atoms with Gasteiger partial charge in [0.05, 0.1) is 12.2 Å². The summed E-state index contributed by atoms with van der Waals surface area (Å²) < 4.78 is 5.26. The van der Waals surface area contributed by atoms with E-state index < -0.39 is 0 Å². The zero-order chi connectivity index (χ0) is 15.1. The summed E-state index contributed by atoms with van der Waals surface area (Å²) in [6.07, 6.45) is 0.848. The van der Waals surface area contributed by atoms with Crippen LogP contribution in [0.1, 0.15) is 16.8 Å². The molecule has 0 aromatic heterocycles. The summed E-state index contributed by atoms with van der Waals surface area (Å²) >= 11 is 0. The van der Waals surface area contributed by atoms with E-state index >= 15 is 0 Å². The first kappa shape index (κ1) is 15.3. The second kappa shape index (κ2) is 7.60. The Hall–Kier alpha value is -2.13. The molecule has 0 spiro atoms. The molecule has 0 atom stereocenters. The molecule has 21 heavy (non-hydrogen) atoms. The third-order valence-corrected chi connectivity index (χ3v) is 3.21. The third kappa shape index (κ3) is 4.72. The molecule has 2 aromatic rings. The second-order valence-electron chi connectivity index (χ2n) is 5.24. The van der Waals surface area contributed by atoms with Gasteiger partial charge in [-0.15, -0.1) is 0 Å². The summed E-state index contributed by atoms with van der Waals surface area (Å²) in [6, 6.07) is 17.6. The average Bonchev–Trinajstić information content (AvgIpc) is 2.52. The number of rotatable bonds is 6. The maximum atomic E-state index is 11.9. The highest BCUT2D eigenvalue weighted by Crippen LogP contribution is 2.19. The Morgan fingerprint density at radius 3 is 2.19 bits per heavy atom. The average molecular weight is 283 g/mol. The van der Waals surface area contributed by atoms with E-state index in [0.29, 0.717) is 12.2 Å². The van der Waals surface area contributed by atoms with Gasteiger partial charge in [0.25, 0.3) is 0 Å². The summed E-state index contributed by atoms with van der Waals surface area (Å²) in [7, 11) is 4.01. The molecule has 0 heterocycles. The number of carbonyl (C=O) groups excluding carboxylic acids is 1. The number of hydrogen-bond acceptors (Lipinski definition) is 3. The Bertz CT molecular complexity index is 562. The molecule has 0 aliphatic rings. The molecule has 0 bridgehead atoms. The standard InChI is InChI=1S/C18H21NO2/c1-19(2)13-6-14-21-18(20)17-11-9-16(10-12-17)15-7-4-3-5-8-15/h3-5,7-12H,6,13-14H2,1-2H3. The van der Waals surface area contributed by atoms with Crippen molar-refractivity contribution in [2.45, 2.75) is 6.42 Å². The van der Waals surface area contributed by atoms with Gasteiger partial charge in [0.1, 0.15) is 0 Å². The smallest absolute Gasteiger partial charge is 0.338 e.